The average molecular weight is 533 g/mol. The van der Waals surface area contributed by atoms with E-state index < -0.39 is 18.0 Å². The lowest BCUT2D eigenvalue weighted by atomic mass is 9.99. The molecule has 2 aromatic carbocycles. The van der Waals surface area contributed by atoms with Gasteiger partial charge in [-0.15, -0.1) is 5.10 Å². The largest absolute Gasteiger partial charge is 0.414 e. The highest BCUT2D eigenvalue weighted by molar-refractivity contribution is 9.10. The van der Waals surface area contributed by atoms with E-state index in [0.717, 1.165) is 11.1 Å². The number of likely N-dealkylation sites (N-methyl/N-ethyl adjacent to an activating group) is 1. The summed E-state index contributed by atoms with van der Waals surface area (Å²) >= 11 is 9.32. The fourth-order valence-electron chi connectivity index (χ4n) is 3.46. The molecule has 1 aromatic heterocycles. The standard InChI is InChI=1S/C22H19BrClN5O4/c1-29-11-10-12-6-2-3-7-13(12)17(21(29)31)25-22(32)33-20-16(23)18(27-28-20)26-19(30)14-8-4-5-9-15(14)24/h2-9,17H,10-11H2,1H3,(H,25,32)(H2,26,27,28,30). The molecule has 0 saturated heterocycles. The highest BCUT2D eigenvalue weighted by Crippen LogP contribution is 2.31. The lowest BCUT2D eigenvalue weighted by Crippen LogP contribution is -2.41. The normalized spacial score (nSPS) is 15.4. The summed E-state index contributed by atoms with van der Waals surface area (Å²) in [5.74, 6) is -0.640. The monoisotopic (exact) mass is 531 g/mol. The van der Waals surface area contributed by atoms with Crippen LogP contribution < -0.4 is 15.4 Å². The first-order valence-corrected chi connectivity index (χ1v) is 11.1. The SMILES string of the molecule is CN1CCc2ccccc2C(NC(=O)Oc2n[nH]c(NC(=O)c3ccccc3Cl)c2Br)C1=O. The Morgan fingerprint density at radius 1 is 1.21 bits per heavy atom. The second kappa shape index (κ2) is 9.63. The van der Waals surface area contributed by atoms with E-state index in [9.17, 15) is 14.4 Å². The molecule has 0 radical (unpaired) electrons. The van der Waals surface area contributed by atoms with Gasteiger partial charge in [0.2, 0.25) is 5.91 Å². The maximum atomic E-state index is 12.8. The van der Waals surface area contributed by atoms with Crippen LogP contribution in [0.4, 0.5) is 10.6 Å². The molecule has 0 saturated carbocycles. The van der Waals surface area contributed by atoms with Gasteiger partial charge >= 0.3 is 6.09 Å². The van der Waals surface area contributed by atoms with Gasteiger partial charge in [-0.1, -0.05) is 48.0 Å². The molecule has 1 atom stereocenters. The number of nitrogens with zero attached hydrogens (tertiary/aromatic N) is 2. The molecule has 3 amide bonds. The van der Waals surface area contributed by atoms with Gasteiger partial charge in [0.1, 0.15) is 16.3 Å². The van der Waals surface area contributed by atoms with Gasteiger partial charge in [0, 0.05) is 13.6 Å². The molecule has 1 aliphatic heterocycles. The fraction of sp³-hybridized carbons (Fsp3) is 0.182. The van der Waals surface area contributed by atoms with Crippen molar-refractivity contribution < 1.29 is 19.1 Å². The van der Waals surface area contributed by atoms with Crippen LogP contribution in [0.3, 0.4) is 0 Å². The van der Waals surface area contributed by atoms with Gasteiger partial charge in [0.05, 0.1) is 10.6 Å². The predicted molar refractivity (Wildman–Crippen MR) is 125 cm³/mol. The number of fused-ring (bicyclic) bond motifs is 1. The van der Waals surface area contributed by atoms with Crippen LogP contribution in [0.15, 0.2) is 53.0 Å². The van der Waals surface area contributed by atoms with Gasteiger partial charge < -0.3 is 20.3 Å². The number of nitrogens with one attached hydrogen (secondary N) is 3. The molecule has 4 rings (SSSR count). The van der Waals surface area contributed by atoms with Crippen LogP contribution in [0.2, 0.25) is 5.02 Å². The lowest BCUT2D eigenvalue weighted by molar-refractivity contribution is -0.131. The van der Waals surface area contributed by atoms with Crippen molar-refractivity contribution in [1.29, 1.82) is 0 Å². The van der Waals surface area contributed by atoms with E-state index in [2.05, 4.69) is 36.8 Å². The minimum Gasteiger partial charge on any atom is -0.388 e. The Bertz CT molecular complexity index is 1230. The number of carbonyl (C=O) groups excluding carboxylic acids is 3. The number of aromatic nitrogens is 2. The zero-order valence-electron chi connectivity index (χ0n) is 17.4. The number of hydrogen-bond acceptors (Lipinski definition) is 5. The molecule has 0 aliphatic carbocycles. The van der Waals surface area contributed by atoms with Crippen LogP contribution in [0.1, 0.15) is 27.5 Å². The Labute approximate surface area is 202 Å². The Morgan fingerprint density at radius 2 is 1.94 bits per heavy atom. The zero-order valence-corrected chi connectivity index (χ0v) is 19.7. The first-order valence-electron chi connectivity index (χ1n) is 9.96. The zero-order chi connectivity index (χ0) is 23.5. The van der Waals surface area contributed by atoms with Gasteiger partial charge in [-0.05, 0) is 45.6 Å². The highest BCUT2D eigenvalue weighted by atomic mass is 79.9. The average Bonchev–Trinajstić information content (AvgIpc) is 3.08. The van der Waals surface area contributed by atoms with Crippen molar-refractivity contribution >= 4 is 51.3 Å². The highest BCUT2D eigenvalue weighted by Gasteiger charge is 2.31. The van der Waals surface area contributed by atoms with Crippen molar-refractivity contribution in [1.82, 2.24) is 20.4 Å². The van der Waals surface area contributed by atoms with Crippen molar-refractivity contribution in [3.05, 3.63) is 74.7 Å². The molecule has 170 valence electrons. The third-order valence-corrected chi connectivity index (χ3v) is 6.26. The summed E-state index contributed by atoms with van der Waals surface area (Å²) in [7, 11) is 1.69. The fourth-order valence-corrected chi connectivity index (χ4v) is 4.04. The minimum absolute atomic E-state index is 0.107. The second-order valence-electron chi connectivity index (χ2n) is 7.33. The van der Waals surface area contributed by atoms with Crippen molar-refractivity contribution in [2.75, 3.05) is 18.9 Å². The summed E-state index contributed by atoms with van der Waals surface area (Å²) in [6.45, 7) is 0.544. The number of ether oxygens (including phenoxy) is 1. The van der Waals surface area contributed by atoms with E-state index in [0.29, 0.717) is 18.0 Å². The quantitative estimate of drug-likeness (QED) is 0.471. The lowest BCUT2D eigenvalue weighted by Gasteiger charge is -2.21. The van der Waals surface area contributed by atoms with E-state index >= 15 is 0 Å². The molecule has 1 aliphatic rings. The van der Waals surface area contributed by atoms with E-state index in [-0.39, 0.29) is 27.6 Å². The maximum Gasteiger partial charge on any atom is 0.414 e. The summed E-state index contributed by atoms with van der Waals surface area (Å²) in [6.07, 6.45) is -0.181. The van der Waals surface area contributed by atoms with Gasteiger partial charge in [0.15, 0.2) is 0 Å². The van der Waals surface area contributed by atoms with Crippen molar-refractivity contribution in [2.24, 2.45) is 0 Å². The number of aromatic amines is 1. The van der Waals surface area contributed by atoms with Crippen LogP contribution in [0.5, 0.6) is 5.88 Å². The third-order valence-electron chi connectivity index (χ3n) is 5.19. The molecule has 3 N–H and O–H groups in total. The summed E-state index contributed by atoms with van der Waals surface area (Å²) in [4.78, 5) is 39.5. The number of H-pyrrole nitrogens is 1. The molecule has 33 heavy (non-hydrogen) atoms. The summed E-state index contributed by atoms with van der Waals surface area (Å²) in [5.41, 5.74) is 1.97. The first-order chi connectivity index (χ1) is 15.8. The van der Waals surface area contributed by atoms with Crippen LogP contribution >= 0.6 is 27.5 Å². The number of carbonyl (C=O) groups is 3. The Balaban J connectivity index is 1.47. The van der Waals surface area contributed by atoms with Crippen LogP contribution in [0, 0.1) is 0 Å². The second-order valence-corrected chi connectivity index (χ2v) is 8.53. The van der Waals surface area contributed by atoms with E-state index in [4.69, 9.17) is 16.3 Å². The molecule has 1 unspecified atom stereocenters. The van der Waals surface area contributed by atoms with Crippen molar-refractivity contribution in [2.45, 2.75) is 12.5 Å². The number of benzene rings is 2. The summed E-state index contributed by atoms with van der Waals surface area (Å²) in [5, 5.41) is 12.0. The van der Waals surface area contributed by atoms with Crippen molar-refractivity contribution in [3.8, 4) is 5.88 Å². The minimum atomic E-state index is -0.890. The van der Waals surface area contributed by atoms with Crippen LogP contribution in [-0.4, -0.2) is 46.6 Å². The van der Waals surface area contributed by atoms with Gasteiger partial charge in [-0.3, -0.25) is 14.7 Å². The smallest absolute Gasteiger partial charge is 0.388 e. The Morgan fingerprint density at radius 3 is 2.73 bits per heavy atom. The van der Waals surface area contributed by atoms with Gasteiger partial charge in [-0.25, -0.2) is 4.79 Å². The molecule has 9 nitrogen and oxygen atoms in total. The first kappa shape index (κ1) is 22.8. The van der Waals surface area contributed by atoms with E-state index in [1.165, 1.54) is 0 Å². The molecular formula is C22H19BrClN5O4. The van der Waals surface area contributed by atoms with Gasteiger partial charge in [-0.2, -0.15) is 0 Å². The van der Waals surface area contributed by atoms with Crippen LogP contribution in [0.25, 0.3) is 0 Å². The number of anilines is 1. The molecular weight excluding hydrogens is 514 g/mol. The summed E-state index contributed by atoms with van der Waals surface area (Å²) in [6, 6.07) is 13.1. The molecule has 0 bridgehead atoms. The van der Waals surface area contributed by atoms with E-state index in [1.807, 2.05) is 24.3 Å². The molecule has 2 heterocycles. The number of amides is 3. The molecule has 3 aromatic rings. The Kier molecular flexibility index (Phi) is 6.66. The number of rotatable bonds is 4. The third kappa shape index (κ3) is 4.86. The number of hydrogen-bond donors (Lipinski definition) is 3. The maximum absolute atomic E-state index is 12.8. The topological polar surface area (TPSA) is 116 Å². The van der Waals surface area contributed by atoms with Crippen LogP contribution in [-0.2, 0) is 11.2 Å². The predicted octanol–water partition coefficient (Wildman–Crippen LogP) is 3.92. The number of halogens is 2. The van der Waals surface area contributed by atoms with E-state index in [1.54, 1.807) is 36.2 Å². The molecule has 0 spiro atoms. The van der Waals surface area contributed by atoms with Gasteiger partial charge in [0.25, 0.3) is 11.8 Å². The molecule has 0 fully saturated rings. The Hall–Kier alpha value is -3.37. The van der Waals surface area contributed by atoms with Crippen molar-refractivity contribution in [3.63, 3.8) is 0 Å². The molecule has 11 heteroatoms. The summed E-state index contributed by atoms with van der Waals surface area (Å²) < 4.78 is 5.52.